The smallest absolute Gasteiger partial charge is 0.281 e. The third-order valence-electron chi connectivity index (χ3n) is 3.65. The molecule has 0 aliphatic rings. The minimum absolute atomic E-state index is 0.165. The van der Waals surface area contributed by atoms with Gasteiger partial charge in [0.15, 0.2) is 5.11 Å². The number of nitrogens with zero attached hydrogens (tertiary/aromatic N) is 3. The Balaban J connectivity index is 1.87. The average Bonchev–Trinajstić information content (AvgIpc) is 3.03. The Morgan fingerprint density at radius 2 is 2.08 bits per heavy atom. The van der Waals surface area contributed by atoms with Gasteiger partial charge in [-0.3, -0.25) is 10.2 Å². The minimum atomic E-state index is -0.165. The molecular weight excluding hydrogens is 354 g/mol. The summed E-state index contributed by atoms with van der Waals surface area (Å²) in [4.78, 5) is 20.0. The first-order chi connectivity index (χ1) is 12.1. The van der Waals surface area contributed by atoms with E-state index in [2.05, 4.69) is 15.7 Å². The lowest BCUT2D eigenvalue weighted by molar-refractivity contribution is 0.413. The molecule has 0 saturated heterocycles. The number of benzene rings is 1. The van der Waals surface area contributed by atoms with E-state index < -0.39 is 0 Å². The molecule has 0 bridgehead atoms. The molecule has 3 aromatic rings. The Kier molecular flexibility index (Phi) is 5.42. The van der Waals surface area contributed by atoms with Crippen LogP contribution in [0.15, 0.2) is 46.8 Å². The van der Waals surface area contributed by atoms with Gasteiger partial charge in [0.1, 0.15) is 11.2 Å². The van der Waals surface area contributed by atoms with Crippen LogP contribution in [0, 0.1) is 0 Å². The number of thiophene rings is 1. The van der Waals surface area contributed by atoms with E-state index >= 15 is 0 Å². The van der Waals surface area contributed by atoms with E-state index in [9.17, 15) is 4.79 Å². The van der Waals surface area contributed by atoms with Crippen molar-refractivity contribution in [3.8, 4) is 11.1 Å². The van der Waals surface area contributed by atoms with Crippen LogP contribution in [0.5, 0.6) is 0 Å². The highest BCUT2D eigenvalue weighted by Crippen LogP contribution is 2.30. The van der Waals surface area contributed by atoms with Gasteiger partial charge in [-0.25, -0.2) is 9.66 Å². The van der Waals surface area contributed by atoms with Gasteiger partial charge in [-0.15, -0.1) is 11.3 Å². The fourth-order valence-electron chi connectivity index (χ4n) is 2.38. The van der Waals surface area contributed by atoms with E-state index in [1.807, 2.05) is 54.7 Å². The first kappa shape index (κ1) is 17.5. The summed E-state index contributed by atoms with van der Waals surface area (Å²) in [5.74, 6) is 0. The third-order valence-corrected chi connectivity index (χ3v) is 4.77. The molecule has 0 unspecified atom stereocenters. The topological polar surface area (TPSA) is 62.2 Å². The fraction of sp³-hybridized carbons (Fsp3) is 0.235. The summed E-state index contributed by atoms with van der Waals surface area (Å²) in [5.41, 5.74) is 4.61. The van der Waals surface area contributed by atoms with E-state index in [4.69, 9.17) is 12.2 Å². The molecule has 25 heavy (non-hydrogen) atoms. The van der Waals surface area contributed by atoms with Crippen molar-refractivity contribution in [1.82, 2.24) is 19.9 Å². The van der Waals surface area contributed by atoms with Crippen molar-refractivity contribution >= 4 is 38.9 Å². The number of thiocarbonyl (C=S) groups is 1. The van der Waals surface area contributed by atoms with Crippen molar-refractivity contribution in [3.63, 3.8) is 0 Å². The molecule has 6 nitrogen and oxygen atoms in total. The summed E-state index contributed by atoms with van der Waals surface area (Å²) < 4.78 is 1.33. The van der Waals surface area contributed by atoms with Gasteiger partial charge >= 0.3 is 0 Å². The SMILES string of the molecule is CN(C)CCNC(=S)Nn1cnc2scc(-c3ccccc3)c2c1=O. The first-order valence-electron chi connectivity index (χ1n) is 7.80. The van der Waals surface area contributed by atoms with Crippen LogP contribution in [-0.2, 0) is 0 Å². The molecule has 0 spiro atoms. The van der Waals surface area contributed by atoms with Gasteiger partial charge in [0.25, 0.3) is 5.56 Å². The molecule has 0 aliphatic carbocycles. The lowest BCUT2D eigenvalue weighted by Gasteiger charge is -2.14. The molecule has 0 atom stereocenters. The van der Waals surface area contributed by atoms with Gasteiger partial charge < -0.3 is 10.2 Å². The maximum absolute atomic E-state index is 12.9. The second-order valence-corrected chi connectivity index (χ2v) is 7.05. The van der Waals surface area contributed by atoms with Crippen LogP contribution in [0.4, 0.5) is 0 Å². The maximum Gasteiger partial charge on any atom is 0.281 e. The molecule has 0 aliphatic heterocycles. The Hall–Kier alpha value is -2.29. The summed E-state index contributed by atoms with van der Waals surface area (Å²) >= 11 is 6.71. The predicted molar refractivity (Wildman–Crippen MR) is 108 cm³/mol. The summed E-state index contributed by atoms with van der Waals surface area (Å²) in [7, 11) is 3.98. The van der Waals surface area contributed by atoms with Crippen molar-refractivity contribution < 1.29 is 0 Å². The van der Waals surface area contributed by atoms with Gasteiger partial charge in [0.05, 0.1) is 5.39 Å². The summed E-state index contributed by atoms with van der Waals surface area (Å²) in [6.45, 7) is 1.54. The van der Waals surface area contributed by atoms with Crippen LogP contribution in [0.2, 0.25) is 0 Å². The minimum Gasteiger partial charge on any atom is -0.360 e. The quantitative estimate of drug-likeness (QED) is 0.668. The van der Waals surface area contributed by atoms with Crippen LogP contribution < -0.4 is 16.3 Å². The van der Waals surface area contributed by atoms with E-state index in [1.165, 1.54) is 22.3 Å². The fourth-order valence-corrected chi connectivity index (χ4v) is 3.49. The number of rotatable bonds is 5. The number of hydrogen-bond donors (Lipinski definition) is 2. The highest BCUT2D eigenvalue weighted by Gasteiger charge is 2.13. The number of hydrogen-bond acceptors (Lipinski definition) is 5. The highest BCUT2D eigenvalue weighted by molar-refractivity contribution is 7.80. The Morgan fingerprint density at radius 1 is 1.32 bits per heavy atom. The maximum atomic E-state index is 12.9. The van der Waals surface area contributed by atoms with Crippen molar-refractivity contribution in [2.75, 3.05) is 32.6 Å². The molecule has 130 valence electrons. The zero-order valence-electron chi connectivity index (χ0n) is 14.0. The van der Waals surface area contributed by atoms with Crippen LogP contribution in [0.3, 0.4) is 0 Å². The van der Waals surface area contributed by atoms with Crippen molar-refractivity contribution in [3.05, 3.63) is 52.4 Å². The van der Waals surface area contributed by atoms with Crippen LogP contribution in [0.25, 0.3) is 21.3 Å². The molecule has 0 radical (unpaired) electrons. The molecule has 0 saturated carbocycles. The molecule has 2 aromatic heterocycles. The molecule has 1 aromatic carbocycles. The van der Waals surface area contributed by atoms with E-state index in [0.29, 0.717) is 21.9 Å². The van der Waals surface area contributed by atoms with Gasteiger partial charge in [-0.1, -0.05) is 30.3 Å². The summed E-state index contributed by atoms with van der Waals surface area (Å²) in [6, 6.07) is 9.83. The lowest BCUT2D eigenvalue weighted by atomic mass is 10.1. The third kappa shape index (κ3) is 4.04. The second kappa shape index (κ2) is 7.73. The van der Waals surface area contributed by atoms with Crippen molar-refractivity contribution in [2.24, 2.45) is 0 Å². The van der Waals surface area contributed by atoms with E-state index in [-0.39, 0.29) is 5.56 Å². The van der Waals surface area contributed by atoms with Gasteiger partial charge in [0.2, 0.25) is 0 Å². The standard InChI is InChI=1S/C17H19N5OS2/c1-21(2)9-8-18-17(24)20-22-11-19-15-14(16(22)23)13(10-25-15)12-6-4-3-5-7-12/h3-7,10-11H,8-9H2,1-2H3,(H2,18,20,24). The lowest BCUT2D eigenvalue weighted by Crippen LogP contribution is -2.41. The van der Waals surface area contributed by atoms with Gasteiger partial charge in [0, 0.05) is 24.0 Å². The first-order valence-corrected chi connectivity index (χ1v) is 9.09. The second-order valence-electron chi connectivity index (χ2n) is 5.79. The van der Waals surface area contributed by atoms with Gasteiger partial charge in [-0.05, 0) is 31.9 Å². The molecule has 2 heterocycles. The molecule has 3 rings (SSSR count). The molecule has 0 amide bonds. The molecule has 0 fully saturated rings. The highest BCUT2D eigenvalue weighted by atomic mass is 32.1. The van der Waals surface area contributed by atoms with Crippen LogP contribution in [-0.4, -0.2) is 46.9 Å². The molecule has 8 heteroatoms. The van der Waals surface area contributed by atoms with Gasteiger partial charge in [-0.2, -0.15) is 0 Å². The van der Waals surface area contributed by atoms with Crippen LogP contribution in [0.1, 0.15) is 0 Å². The number of likely N-dealkylation sites (N-methyl/N-ethyl adjacent to an activating group) is 1. The average molecular weight is 374 g/mol. The number of nitrogens with one attached hydrogen (secondary N) is 2. The van der Waals surface area contributed by atoms with Crippen molar-refractivity contribution in [1.29, 1.82) is 0 Å². The normalized spacial score (nSPS) is 11.0. The monoisotopic (exact) mass is 373 g/mol. The van der Waals surface area contributed by atoms with Crippen molar-refractivity contribution in [2.45, 2.75) is 0 Å². The Labute approximate surface area is 155 Å². The Morgan fingerprint density at radius 3 is 2.80 bits per heavy atom. The zero-order valence-corrected chi connectivity index (χ0v) is 15.7. The van der Waals surface area contributed by atoms with E-state index in [0.717, 1.165) is 17.7 Å². The largest absolute Gasteiger partial charge is 0.360 e. The molecular formula is C17H19N5OS2. The predicted octanol–water partition coefficient (Wildman–Crippen LogP) is 2.10. The summed E-state index contributed by atoms with van der Waals surface area (Å²) in [6.07, 6.45) is 1.47. The molecule has 2 N–H and O–H groups in total. The summed E-state index contributed by atoms with van der Waals surface area (Å²) in [5, 5.41) is 6.03. The Bertz CT molecular complexity index is 933. The number of aromatic nitrogens is 2. The van der Waals surface area contributed by atoms with E-state index in [1.54, 1.807) is 0 Å². The number of fused-ring (bicyclic) bond motifs is 1. The zero-order chi connectivity index (χ0) is 17.8. The van der Waals surface area contributed by atoms with Crippen LogP contribution >= 0.6 is 23.6 Å².